The zero-order valence-electron chi connectivity index (χ0n) is 8.27. The van der Waals surface area contributed by atoms with Crippen molar-refractivity contribution in [3.63, 3.8) is 0 Å². The van der Waals surface area contributed by atoms with Gasteiger partial charge in [-0.1, -0.05) is 12.1 Å². The molecule has 1 atom stereocenters. The number of aryl methyl sites for hydroxylation is 2. The Morgan fingerprint density at radius 3 is 3.00 bits per heavy atom. The number of hydrogen-bond acceptors (Lipinski definition) is 0. The summed E-state index contributed by atoms with van der Waals surface area (Å²) in [5.41, 5.74) is 6.64. The fourth-order valence-corrected chi connectivity index (χ4v) is 3.17. The molecule has 0 fully saturated rings. The molecule has 1 aromatic rings. The van der Waals surface area contributed by atoms with Gasteiger partial charge < -0.3 is 0 Å². The largest absolute Gasteiger partial charge is 0.0588 e. The van der Waals surface area contributed by atoms with Crippen LogP contribution in [0.4, 0.5) is 0 Å². The Labute approximate surface area is 80.0 Å². The molecule has 1 unspecified atom stereocenters. The van der Waals surface area contributed by atoms with Crippen LogP contribution >= 0.6 is 0 Å². The molecule has 0 heteroatoms. The highest BCUT2D eigenvalue weighted by molar-refractivity contribution is 5.47. The van der Waals surface area contributed by atoms with Crippen LogP contribution in [0, 0.1) is 6.92 Å². The highest BCUT2D eigenvalue weighted by Gasteiger charge is 2.28. The second-order valence-electron chi connectivity index (χ2n) is 4.56. The minimum atomic E-state index is 0.929. The molecule has 0 aromatic heterocycles. The van der Waals surface area contributed by atoms with E-state index >= 15 is 0 Å². The highest BCUT2D eigenvalue weighted by Crippen LogP contribution is 2.43. The second-order valence-corrected chi connectivity index (χ2v) is 4.56. The van der Waals surface area contributed by atoms with Crippen molar-refractivity contribution in [3.05, 3.63) is 34.4 Å². The van der Waals surface area contributed by atoms with Gasteiger partial charge in [0.25, 0.3) is 0 Å². The summed E-state index contributed by atoms with van der Waals surface area (Å²) in [5.74, 6) is 0.929. The van der Waals surface area contributed by atoms with Crippen molar-refractivity contribution in [1.29, 1.82) is 0 Å². The minimum absolute atomic E-state index is 0.929. The predicted octanol–water partition coefficient (Wildman–Crippen LogP) is 3.36. The highest BCUT2D eigenvalue weighted by atomic mass is 14.3. The van der Waals surface area contributed by atoms with Crippen LogP contribution in [0.25, 0.3) is 0 Å². The second kappa shape index (κ2) is 2.60. The van der Waals surface area contributed by atoms with Crippen molar-refractivity contribution >= 4 is 0 Å². The van der Waals surface area contributed by atoms with Crippen LogP contribution in [0.2, 0.25) is 0 Å². The van der Waals surface area contributed by atoms with Gasteiger partial charge >= 0.3 is 0 Å². The minimum Gasteiger partial charge on any atom is -0.0588 e. The zero-order chi connectivity index (χ0) is 8.84. The lowest BCUT2D eigenvalue weighted by molar-refractivity contribution is 0.555. The summed E-state index contributed by atoms with van der Waals surface area (Å²) in [7, 11) is 0. The Morgan fingerprint density at radius 1 is 1.15 bits per heavy atom. The predicted molar refractivity (Wildman–Crippen MR) is 55.2 cm³/mol. The molecule has 13 heavy (non-hydrogen) atoms. The molecule has 0 N–H and O–H groups in total. The molecule has 0 aliphatic heterocycles. The maximum Gasteiger partial charge on any atom is -0.0153 e. The summed E-state index contributed by atoms with van der Waals surface area (Å²) >= 11 is 0. The Kier molecular flexibility index (Phi) is 1.52. The van der Waals surface area contributed by atoms with E-state index in [9.17, 15) is 0 Å². The summed E-state index contributed by atoms with van der Waals surface area (Å²) in [4.78, 5) is 0. The zero-order valence-corrected chi connectivity index (χ0v) is 8.27. The summed E-state index contributed by atoms with van der Waals surface area (Å²) in [6.45, 7) is 2.27. The monoisotopic (exact) mass is 172 g/mol. The fraction of sp³-hybridized carbons (Fsp3) is 0.538. The van der Waals surface area contributed by atoms with Gasteiger partial charge in [0.15, 0.2) is 0 Å². The first-order valence-electron chi connectivity index (χ1n) is 5.47. The van der Waals surface area contributed by atoms with Crippen molar-refractivity contribution in [2.75, 3.05) is 0 Å². The quantitative estimate of drug-likeness (QED) is 0.563. The van der Waals surface area contributed by atoms with E-state index in [1.165, 1.54) is 37.7 Å². The van der Waals surface area contributed by atoms with Gasteiger partial charge in [0.05, 0.1) is 0 Å². The third-order valence-corrected chi connectivity index (χ3v) is 3.83. The third-order valence-electron chi connectivity index (χ3n) is 3.83. The average Bonchev–Trinajstić information content (AvgIpc) is 2.57. The Balaban J connectivity index is 2.25. The van der Waals surface area contributed by atoms with Gasteiger partial charge in [-0.2, -0.15) is 0 Å². The van der Waals surface area contributed by atoms with E-state index in [-0.39, 0.29) is 0 Å². The molecule has 2 aliphatic carbocycles. The lowest BCUT2D eigenvalue weighted by atomic mass is 9.83. The first-order valence-corrected chi connectivity index (χ1v) is 5.47. The molecule has 0 heterocycles. The Hall–Kier alpha value is -0.780. The standard InChI is InChI=1S/C13H16/c1-9-5-6-10-3-2-4-11-7-8-12(9)13(10)11/h5-6,11H,2-4,7-8H2,1H3. The van der Waals surface area contributed by atoms with Gasteiger partial charge in [-0.25, -0.2) is 0 Å². The first-order chi connectivity index (χ1) is 6.36. The van der Waals surface area contributed by atoms with E-state index in [2.05, 4.69) is 19.1 Å². The molecule has 0 nitrogen and oxygen atoms in total. The molecule has 0 spiro atoms. The van der Waals surface area contributed by atoms with Gasteiger partial charge in [0, 0.05) is 0 Å². The molecule has 68 valence electrons. The van der Waals surface area contributed by atoms with Crippen LogP contribution < -0.4 is 0 Å². The van der Waals surface area contributed by atoms with Gasteiger partial charge in [-0.3, -0.25) is 0 Å². The van der Waals surface area contributed by atoms with Crippen LogP contribution in [0.5, 0.6) is 0 Å². The molecular formula is C13H16. The molecule has 0 saturated carbocycles. The summed E-state index contributed by atoms with van der Waals surface area (Å²) in [6.07, 6.45) is 6.97. The van der Waals surface area contributed by atoms with Crippen LogP contribution in [0.3, 0.4) is 0 Å². The maximum atomic E-state index is 2.37. The molecule has 2 aliphatic rings. The van der Waals surface area contributed by atoms with E-state index in [0.717, 1.165) is 5.92 Å². The van der Waals surface area contributed by atoms with Crippen molar-refractivity contribution in [3.8, 4) is 0 Å². The average molecular weight is 172 g/mol. The van der Waals surface area contributed by atoms with E-state index in [1.54, 1.807) is 16.7 Å². The van der Waals surface area contributed by atoms with Crippen molar-refractivity contribution in [2.24, 2.45) is 0 Å². The van der Waals surface area contributed by atoms with Crippen LogP contribution in [0.1, 0.15) is 47.4 Å². The van der Waals surface area contributed by atoms with Crippen LogP contribution in [-0.2, 0) is 12.8 Å². The topological polar surface area (TPSA) is 0 Å². The van der Waals surface area contributed by atoms with E-state index in [1.807, 2.05) is 0 Å². The van der Waals surface area contributed by atoms with Crippen molar-refractivity contribution < 1.29 is 0 Å². The number of benzene rings is 1. The van der Waals surface area contributed by atoms with Gasteiger partial charge in [-0.05, 0) is 67.2 Å². The van der Waals surface area contributed by atoms with E-state index in [4.69, 9.17) is 0 Å². The molecule has 0 radical (unpaired) electrons. The lowest BCUT2D eigenvalue weighted by Gasteiger charge is -2.22. The summed E-state index contributed by atoms with van der Waals surface area (Å²) in [6, 6.07) is 4.69. The summed E-state index contributed by atoms with van der Waals surface area (Å²) in [5, 5.41) is 0. The normalized spacial score (nSPS) is 24.5. The maximum absolute atomic E-state index is 2.37. The SMILES string of the molecule is Cc1ccc2c3c1CCC3CCC2. The molecular weight excluding hydrogens is 156 g/mol. The van der Waals surface area contributed by atoms with Crippen LogP contribution in [0.15, 0.2) is 12.1 Å². The number of hydrogen-bond donors (Lipinski definition) is 0. The van der Waals surface area contributed by atoms with Gasteiger partial charge in [0.2, 0.25) is 0 Å². The van der Waals surface area contributed by atoms with Crippen molar-refractivity contribution in [2.45, 2.75) is 44.9 Å². The Morgan fingerprint density at radius 2 is 2.08 bits per heavy atom. The molecule has 1 aromatic carbocycles. The first kappa shape index (κ1) is 7.61. The molecule has 0 bridgehead atoms. The van der Waals surface area contributed by atoms with E-state index in [0.29, 0.717) is 0 Å². The molecule has 0 saturated heterocycles. The molecule has 0 amide bonds. The van der Waals surface area contributed by atoms with Crippen LogP contribution in [-0.4, -0.2) is 0 Å². The molecule has 3 rings (SSSR count). The smallest absolute Gasteiger partial charge is 0.0153 e. The Bertz CT molecular complexity index is 349. The van der Waals surface area contributed by atoms with Gasteiger partial charge in [0.1, 0.15) is 0 Å². The number of rotatable bonds is 0. The summed E-state index contributed by atoms with van der Waals surface area (Å²) < 4.78 is 0. The third kappa shape index (κ3) is 0.979. The lowest BCUT2D eigenvalue weighted by Crippen LogP contribution is -2.06. The fourth-order valence-electron chi connectivity index (χ4n) is 3.17. The van der Waals surface area contributed by atoms with E-state index < -0.39 is 0 Å². The van der Waals surface area contributed by atoms with Crippen molar-refractivity contribution in [1.82, 2.24) is 0 Å². The van der Waals surface area contributed by atoms with Gasteiger partial charge in [-0.15, -0.1) is 0 Å².